The molecule has 1 aromatic rings. The Balaban J connectivity index is 1.93. The Labute approximate surface area is 118 Å². The van der Waals surface area contributed by atoms with E-state index in [4.69, 9.17) is 10.5 Å². The maximum absolute atomic E-state index is 13.6. The van der Waals surface area contributed by atoms with Crippen molar-refractivity contribution < 1.29 is 26.7 Å². The van der Waals surface area contributed by atoms with Crippen molar-refractivity contribution in [1.82, 2.24) is 0 Å². The Morgan fingerprint density at radius 1 is 0.857 bits per heavy atom. The summed E-state index contributed by atoms with van der Waals surface area (Å²) in [5, 5.41) is 0. The minimum atomic E-state index is -2.18. The number of hydrogen-bond acceptors (Lipinski definition) is 2. The molecule has 2 N–H and O–H groups in total. The maximum Gasteiger partial charge on any atom is 0.207 e. The molecule has 2 fully saturated rings. The van der Waals surface area contributed by atoms with Gasteiger partial charge in [-0.05, 0) is 12.8 Å². The first-order valence-corrected chi connectivity index (χ1v) is 6.82. The van der Waals surface area contributed by atoms with Crippen LogP contribution >= 0.6 is 0 Å². The topological polar surface area (TPSA) is 35.2 Å². The molecule has 0 bridgehead atoms. The zero-order valence-electron chi connectivity index (χ0n) is 11.1. The van der Waals surface area contributed by atoms with Gasteiger partial charge in [0.05, 0.1) is 0 Å². The van der Waals surface area contributed by atoms with E-state index in [1.54, 1.807) is 0 Å². The lowest BCUT2D eigenvalue weighted by Gasteiger charge is -2.52. The van der Waals surface area contributed by atoms with Gasteiger partial charge in [0.2, 0.25) is 29.1 Å². The third kappa shape index (κ3) is 1.93. The molecular formula is C14H14F5NO. The summed E-state index contributed by atoms with van der Waals surface area (Å²) >= 11 is 0. The third-order valence-electron chi connectivity index (χ3n) is 4.81. The number of nitrogens with two attached hydrogens (primary N) is 1. The van der Waals surface area contributed by atoms with Gasteiger partial charge in [-0.2, -0.15) is 8.78 Å². The van der Waals surface area contributed by atoms with Crippen molar-refractivity contribution >= 4 is 0 Å². The standard InChI is InChI=1S/C14H14F5NO/c15-8-9(16)11(18)13(12(19)10(8)17)21-7-5-6(20)14(7)3-1-2-4-14/h6-7H,1-5,20H2. The number of rotatable bonds is 2. The molecule has 2 atom stereocenters. The number of halogens is 5. The average Bonchev–Trinajstić information content (AvgIpc) is 2.99. The minimum Gasteiger partial charge on any atom is -0.483 e. The van der Waals surface area contributed by atoms with Crippen molar-refractivity contribution in [3.8, 4) is 5.75 Å². The second-order valence-corrected chi connectivity index (χ2v) is 5.79. The summed E-state index contributed by atoms with van der Waals surface area (Å²) in [5.74, 6) is -11.2. The van der Waals surface area contributed by atoms with Gasteiger partial charge in [-0.1, -0.05) is 12.8 Å². The van der Waals surface area contributed by atoms with E-state index in [2.05, 4.69) is 0 Å². The van der Waals surface area contributed by atoms with Gasteiger partial charge in [-0.3, -0.25) is 0 Å². The van der Waals surface area contributed by atoms with Gasteiger partial charge in [0.15, 0.2) is 5.75 Å². The molecule has 1 aromatic carbocycles. The van der Waals surface area contributed by atoms with Crippen molar-refractivity contribution in [2.24, 2.45) is 11.1 Å². The highest BCUT2D eigenvalue weighted by molar-refractivity contribution is 5.31. The largest absolute Gasteiger partial charge is 0.483 e. The van der Waals surface area contributed by atoms with Gasteiger partial charge >= 0.3 is 0 Å². The van der Waals surface area contributed by atoms with Crippen LogP contribution in [0.25, 0.3) is 0 Å². The highest BCUT2D eigenvalue weighted by atomic mass is 19.2. The van der Waals surface area contributed by atoms with Gasteiger partial charge in [0.25, 0.3) is 0 Å². The molecule has 3 rings (SSSR count). The first kappa shape index (κ1) is 14.6. The summed E-state index contributed by atoms with van der Waals surface area (Å²) in [4.78, 5) is 0. The SMILES string of the molecule is NC1CC(Oc2c(F)c(F)c(F)c(F)c2F)C12CCCC2. The van der Waals surface area contributed by atoms with E-state index in [1.165, 1.54) is 0 Å². The van der Waals surface area contributed by atoms with E-state index in [0.29, 0.717) is 6.42 Å². The zero-order chi connectivity index (χ0) is 15.4. The normalized spacial score (nSPS) is 27.0. The molecule has 0 saturated heterocycles. The van der Waals surface area contributed by atoms with E-state index < -0.39 is 46.4 Å². The number of hydrogen-bond donors (Lipinski definition) is 1. The molecule has 2 aliphatic rings. The van der Waals surface area contributed by atoms with Gasteiger partial charge in [0, 0.05) is 17.9 Å². The second-order valence-electron chi connectivity index (χ2n) is 5.79. The van der Waals surface area contributed by atoms with E-state index in [0.717, 1.165) is 25.7 Å². The minimum absolute atomic E-state index is 0.161. The lowest BCUT2D eigenvalue weighted by atomic mass is 9.61. The van der Waals surface area contributed by atoms with Crippen molar-refractivity contribution in [3.63, 3.8) is 0 Å². The van der Waals surface area contributed by atoms with Crippen molar-refractivity contribution in [3.05, 3.63) is 29.1 Å². The lowest BCUT2D eigenvalue weighted by molar-refractivity contribution is -0.0660. The van der Waals surface area contributed by atoms with Crippen LogP contribution in [0.15, 0.2) is 0 Å². The second kappa shape index (κ2) is 4.83. The Morgan fingerprint density at radius 2 is 1.33 bits per heavy atom. The van der Waals surface area contributed by atoms with E-state index in [9.17, 15) is 22.0 Å². The Bertz CT molecular complexity index is 556. The van der Waals surface area contributed by atoms with Gasteiger partial charge in [-0.25, -0.2) is 13.2 Å². The summed E-state index contributed by atoms with van der Waals surface area (Å²) in [6.07, 6.45) is 3.07. The third-order valence-corrected chi connectivity index (χ3v) is 4.81. The first-order valence-electron chi connectivity index (χ1n) is 6.82. The fraction of sp³-hybridized carbons (Fsp3) is 0.571. The maximum atomic E-state index is 13.6. The quantitative estimate of drug-likeness (QED) is 0.516. The van der Waals surface area contributed by atoms with Crippen LogP contribution in [0, 0.1) is 34.5 Å². The van der Waals surface area contributed by atoms with Crippen LogP contribution in [0.3, 0.4) is 0 Å². The summed E-state index contributed by atoms with van der Waals surface area (Å²) in [7, 11) is 0. The average molecular weight is 307 g/mol. The first-order chi connectivity index (χ1) is 9.88. The van der Waals surface area contributed by atoms with Crippen LogP contribution in [0.1, 0.15) is 32.1 Å². The number of ether oxygens (including phenoxy) is 1. The van der Waals surface area contributed by atoms with Crippen LogP contribution in [0.4, 0.5) is 22.0 Å². The highest BCUT2D eigenvalue weighted by Gasteiger charge is 2.56. The van der Waals surface area contributed by atoms with Crippen LogP contribution in [-0.2, 0) is 0 Å². The zero-order valence-corrected chi connectivity index (χ0v) is 11.1. The number of benzene rings is 1. The molecule has 2 nitrogen and oxygen atoms in total. The molecule has 2 unspecified atom stereocenters. The molecule has 7 heteroatoms. The van der Waals surface area contributed by atoms with Crippen LogP contribution in [0.5, 0.6) is 5.75 Å². The lowest BCUT2D eigenvalue weighted by Crippen LogP contribution is -2.62. The predicted molar refractivity (Wildman–Crippen MR) is 64.1 cm³/mol. The van der Waals surface area contributed by atoms with Crippen molar-refractivity contribution in [1.29, 1.82) is 0 Å². The molecule has 116 valence electrons. The molecule has 21 heavy (non-hydrogen) atoms. The highest BCUT2D eigenvalue weighted by Crippen LogP contribution is 2.54. The molecule has 0 aliphatic heterocycles. The molecule has 0 radical (unpaired) electrons. The van der Waals surface area contributed by atoms with Gasteiger partial charge in [0.1, 0.15) is 6.10 Å². The monoisotopic (exact) mass is 307 g/mol. The Kier molecular flexibility index (Phi) is 3.35. The van der Waals surface area contributed by atoms with E-state index in [1.807, 2.05) is 0 Å². The molecule has 1 spiro atoms. The van der Waals surface area contributed by atoms with Gasteiger partial charge in [-0.15, -0.1) is 0 Å². The van der Waals surface area contributed by atoms with Gasteiger partial charge < -0.3 is 10.5 Å². The smallest absolute Gasteiger partial charge is 0.207 e. The summed E-state index contributed by atoms with van der Waals surface area (Å²) in [6, 6.07) is -0.161. The molecule has 0 aromatic heterocycles. The summed E-state index contributed by atoms with van der Waals surface area (Å²) in [6.45, 7) is 0. The van der Waals surface area contributed by atoms with Crippen molar-refractivity contribution in [2.75, 3.05) is 0 Å². The van der Waals surface area contributed by atoms with Crippen LogP contribution in [0.2, 0.25) is 0 Å². The predicted octanol–water partition coefficient (Wildman–Crippen LogP) is 3.42. The van der Waals surface area contributed by atoms with Crippen molar-refractivity contribution in [2.45, 2.75) is 44.2 Å². The molecular weight excluding hydrogens is 293 g/mol. The van der Waals surface area contributed by atoms with E-state index in [-0.39, 0.29) is 6.04 Å². The van der Waals surface area contributed by atoms with Crippen LogP contribution in [-0.4, -0.2) is 12.1 Å². The molecule has 2 aliphatic carbocycles. The fourth-order valence-electron chi connectivity index (χ4n) is 3.50. The Morgan fingerprint density at radius 3 is 1.81 bits per heavy atom. The molecule has 0 amide bonds. The fourth-order valence-corrected chi connectivity index (χ4v) is 3.50. The van der Waals surface area contributed by atoms with Crippen LogP contribution < -0.4 is 10.5 Å². The van der Waals surface area contributed by atoms with E-state index >= 15 is 0 Å². The molecule has 2 saturated carbocycles. The summed E-state index contributed by atoms with van der Waals surface area (Å²) in [5.41, 5.74) is 5.54. The summed E-state index contributed by atoms with van der Waals surface area (Å²) < 4.78 is 71.7. The molecule has 0 heterocycles. The Hall–Kier alpha value is -1.37.